The second-order valence-electron chi connectivity index (χ2n) is 7.24. The maximum absolute atomic E-state index is 12.5. The lowest BCUT2D eigenvalue weighted by atomic mass is 10.1. The standard InChI is InChI=1S/C19H26N2O4/c1-12-10-16(13(2)21(12)11-15-8-7-9-24-15)18(23)25-14(3)17(22)20-19(4,5)6/h7-10,14H,11H2,1-6H3,(H,20,22). The Morgan fingerprint density at radius 2 is 2.00 bits per heavy atom. The Bertz CT molecular complexity index is 751. The molecule has 136 valence electrons. The summed E-state index contributed by atoms with van der Waals surface area (Å²) in [5.41, 5.74) is 1.78. The topological polar surface area (TPSA) is 73.5 Å². The zero-order chi connectivity index (χ0) is 18.8. The van der Waals surface area contributed by atoms with Gasteiger partial charge in [0.05, 0.1) is 18.4 Å². The van der Waals surface area contributed by atoms with Crippen LogP contribution in [-0.2, 0) is 16.1 Å². The second-order valence-corrected chi connectivity index (χ2v) is 7.24. The SMILES string of the molecule is Cc1cc(C(=O)OC(C)C(=O)NC(C)(C)C)c(C)n1Cc1ccco1. The van der Waals surface area contributed by atoms with Gasteiger partial charge in [0.15, 0.2) is 6.10 Å². The van der Waals surface area contributed by atoms with E-state index in [-0.39, 0.29) is 11.4 Å². The van der Waals surface area contributed by atoms with Crippen LogP contribution >= 0.6 is 0 Å². The Labute approximate surface area is 148 Å². The zero-order valence-electron chi connectivity index (χ0n) is 15.7. The van der Waals surface area contributed by atoms with Crippen molar-refractivity contribution in [2.45, 2.75) is 59.7 Å². The van der Waals surface area contributed by atoms with Gasteiger partial charge in [-0.2, -0.15) is 0 Å². The Morgan fingerprint density at radius 1 is 1.32 bits per heavy atom. The number of hydrogen-bond acceptors (Lipinski definition) is 4. The van der Waals surface area contributed by atoms with Crippen molar-refractivity contribution in [3.05, 3.63) is 47.2 Å². The van der Waals surface area contributed by atoms with E-state index in [0.717, 1.165) is 17.1 Å². The molecular formula is C19H26N2O4. The van der Waals surface area contributed by atoms with E-state index in [1.54, 1.807) is 19.3 Å². The van der Waals surface area contributed by atoms with Crippen molar-refractivity contribution in [3.63, 3.8) is 0 Å². The van der Waals surface area contributed by atoms with E-state index in [1.807, 2.05) is 51.3 Å². The predicted molar refractivity (Wildman–Crippen MR) is 94.5 cm³/mol. The van der Waals surface area contributed by atoms with Gasteiger partial charge >= 0.3 is 5.97 Å². The second kappa shape index (κ2) is 7.17. The first-order valence-corrected chi connectivity index (χ1v) is 8.30. The molecule has 0 aromatic carbocycles. The average Bonchev–Trinajstić information content (AvgIpc) is 3.09. The monoisotopic (exact) mass is 346 g/mol. The van der Waals surface area contributed by atoms with Crippen LogP contribution in [0.2, 0.25) is 0 Å². The van der Waals surface area contributed by atoms with Gasteiger partial charge in [-0.15, -0.1) is 0 Å². The summed E-state index contributed by atoms with van der Waals surface area (Å²) in [6, 6.07) is 5.49. The first kappa shape index (κ1) is 18.8. The van der Waals surface area contributed by atoms with Crippen LogP contribution in [0.15, 0.2) is 28.9 Å². The first-order valence-electron chi connectivity index (χ1n) is 8.30. The molecule has 2 heterocycles. The third-order valence-corrected chi connectivity index (χ3v) is 3.84. The molecule has 1 N–H and O–H groups in total. The number of hydrogen-bond donors (Lipinski definition) is 1. The number of amides is 1. The van der Waals surface area contributed by atoms with Gasteiger partial charge in [0.1, 0.15) is 5.76 Å². The minimum atomic E-state index is -0.861. The van der Waals surface area contributed by atoms with Gasteiger partial charge in [-0.3, -0.25) is 4.79 Å². The number of carbonyl (C=O) groups excluding carboxylic acids is 2. The smallest absolute Gasteiger partial charge is 0.340 e. The van der Waals surface area contributed by atoms with Crippen molar-refractivity contribution in [2.24, 2.45) is 0 Å². The molecule has 0 aliphatic heterocycles. The fourth-order valence-electron chi connectivity index (χ4n) is 2.56. The fourth-order valence-corrected chi connectivity index (χ4v) is 2.56. The van der Waals surface area contributed by atoms with Crippen molar-refractivity contribution < 1.29 is 18.7 Å². The molecule has 0 saturated carbocycles. The van der Waals surface area contributed by atoms with Crippen molar-refractivity contribution in [1.82, 2.24) is 9.88 Å². The average molecular weight is 346 g/mol. The van der Waals surface area contributed by atoms with Crippen molar-refractivity contribution in [3.8, 4) is 0 Å². The van der Waals surface area contributed by atoms with E-state index in [9.17, 15) is 9.59 Å². The van der Waals surface area contributed by atoms with Gasteiger partial charge in [0, 0.05) is 16.9 Å². The van der Waals surface area contributed by atoms with Gasteiger partial charge in [-0.1, -0.05) is 0 Å². The molecule has 0 fully saturated rings. The molecule has 0 aliphatic carbocycles. The van der Waals surface area contributed by atoms with Crippen molar-refractivity contribution >= 4 is 11.9 Å². The Hall–Kier alpha value is -2.50. The summed E-state index contributed by atoms with van der Waals surface area (Å²) in [6.07, 6.45) is 0.758. The van der Waals surface area contributed by atoms with E-state index < -0.39 is 12.1 Å². The molecule has 2 aromatic rings. The van der Waals surface area contributed by atoms with Crippen LogP contribution in [0.4, 0.5) is 0 Å². The minimum absolute atomic E-state index is 0.315. The molecule has 1 amide bonds. The van der Waals surface area contributed by atoms with Crippen LogP contribution in [0.25, 0.3) is 0 Å². The molecule has 0 bridgehead atoms. The summed E-state index contributed by atoms with van der Waals surface area (Å²) in [5, 5.41) is 2.80. The van der Waals surface area contributed by atoms with Crippen LogP contribution in [0.1, 0.15) is 55.2 Å². The van der Waals surface area contributed by atoms with E-state index in [0.29, 0.717) is 12.1 Å². The third-order valence-electron chi connectivity index (χ3n) is 3.84. The molecule has 0 radical (unpaired) electrons. The normalized spacial score (nSPS) is 12.7. The largest absolute Gasteiger partial charge is 0.467 e. The number of aryl methyl sites for hydroxylation is 1. The van der Waals surface area contributed by atoms with Crippen molar-refractivity contribution in [1.29, 1.82) is 0 Å². The molecule has 2 rings (SSSR count). The molecule has 1 unspecified atom stereocenters. The number of ether oxygens (including phenoxy) is 1. The number of carbonyl (C=O) groups is 2. The van der Waals surface area contributed by atoms with E-state index in [1.165, 1.54) is 0 Å². The van der Waals surface area contributed by atoms with Gasteiger partial charge in [-0.25, -0.2) is 4.79 Å². The third kappa shape index (κ3) is 4.75. The Morgan fingerprint density at radius 3 is 2.56 bits per heavy atom. The number of nitrogens with one attached hydrogen (secondary N) is 1. The zero-order valence-corrected chi connectivity index (χ0v) is 15.7. The highest BCUT2D eigenvalue weighted by molar-refractivity contribution is 5.93. The Balaban J connectivity index is 2.11. The summed E-state index contributed by atoms with van der Waals surface area (Å²) in [5.74, 6) is -0.0137. The Kier molecular flexibility index (Phi) is 5.40. The maximum atomic E-state index is 12.5. The summed E-state index contributed by atoms with van der Waals surface area (Å²) in [7, 11) is 0. The van der Waals surface area contributed by atoms with E-state index >= 15 is 0 Å². The highest BCUT2D eigenvalue weighted by Crippen LogP contribution is 2.19. The molecular weight excluding hydrogens is 320 g/mol. The lowest BCUT2D eigenvalue weighted by molar-refractivity contribution is -0.130. The number of furan rings is 1. The van der Waals surface area contributed by atoms with Gasteiger partial charge in [0.2, 0.25) is 0 Å². The molecule has 1 atom stereocenters. The molecule has 2 aromatic heterocycles. The van der Waals surface area contributed by atoms with Crippen LogP contribution in [0.3, 0.4) is 0 Å². The quantitative estimate of drug-likeness (QED) is 0.844. The van der Waals surface area contributed by atoms with Crippen molar-refractivity contribution in [2.75, 3.05) is 0 Å². The summed E-state index contributed by atoms with van der Waals surface area (Å²) < 4.78 is 12.7. The number of esters is 1. The van der Waals surface area contributed by atoms with Crippen LogP contribution in [0, 0.1) is 13.8 Å². The van der Waals surface area contributed by atoms with E-state index in [2.05, 4.69) is 5.32 Å². The van der Waals surface area contributed by atoms with Gasteiger partial charge < -0.3 is 19.0 Å². The molecule has 6 nitrogen and oxygen atoms in total. The molecule has 0 saturated heterocycles. The van der Waals surface area contributed by atoms with Crippen LogP contribution in [0.5, 0.6) is 0 Å². The maximum Gasteiger partial charge on any atom is 0.340 e. The highest BCUT2D eigenvalue weighted by atomic mass is 16.5. The predicted octanol–water partition coefficient (Wildman–Crippen LogP) is 3.21. The number of nitrogens with zero attached hydrogens (tertiary/aromatic N) is 1. The van der Waals surface area contributed by atoms with Gasteiger partial charge in [-0.05, 0) is 59.7 Å². The van der Waals surface area contributed by atoms with Crippen LogP contribution in [-0.4, -0.2) is 28.1 Å². The summed E-state index contributed by atoms with van der Waals surface area (Å²) in [4.78, 5) is 24.6. The van der Waals surface area contributed by atoms with Gasteiger partial charge in [0.25, 0.3) is 5.91 Å². The fraction of sp³-hybridized carbons (Fsp3) is 0.474. The molecule has 6 heteroatoms. The summed E-state index contributed by atoms with van der Waals surface area (Å²) >= 11 is 0. The van der Waals surface area contributed by atoms with Crippen LogP contribution < -0.4 is 5.32 Å². The number of aromatic nitrogens is 1. The lowest BCUT2D eigenvalue weighted by Crippen LogP contribution is -2.46. The molecule has 25 heavy (non-hydrogen) atoms. The first-order chi connectivity index (χ1) is 11.6. The van der Waals surface area contributed by atoms with E-state index in [4.69, 9.17) is 9.15 Å². The summed E-state index contributed by atoms with van der Waals surface area (Å²) in [6.45, 7) is 11.5. The minimum Gasteiger partial charge on any atom is -0.467 e. The molecule has 0 aliphatic rings. The highest BCUT2D eigenvalue weighted by Gasteiger charge is 2.25. The molecule has 0 spiro atoms. The number of rotatable bonds is 5. The lowest BCUT2D eigenvalue weighted by Gasteiger charge is -2.23.